The molecule has 4 heteroatoms. The molecular weight excluding hydrogens is 257 g/mol. The lowest BCUT2D eigenvalue weighted by atomic mass is 10.1. The number of fused-ring (bicyclic) bond motifs is 1. The number of nitrogens with zero attached hydrogens (tertiary/aromatic N) is 1. The summed E-state index contributed by atoms with van der Waals surface area (Å²) in [5.41, 5.74) is 1.40. The van der Waals surface area contributed by atoms with Gasteiger partial charge in [-0.25, -0.2) is 9.37 Å². The molecule has 0 radical (unpaired) electrons. The lowest BCUT2D eigenvalue weighted by Crippen LogP contribution is -1.95. The van der Waals surface area contributed by atoms with Gasteiger partial charge < -0.3 is 9.84 Å². The van der Waals surface area contributed by atoms with Crippen LogP contribution in [0.15, 0.2) is 54.6 Å². The highest BCUT2D eigenvalue weighted by molar-refractivity contribution is 5.82. The molecule has 1 heterocycles. The van der Waals surface area contributed by atoms with Gasteiger partial charge in [0.25, 0.3) is 0 Å². The summed E-state index contributed by atoms with van der Waals surface area (Å²) in [6.45, 7) is -0.128. The van der Waals surface area contributed by atoms with Crippen LogP contribution in [0.2, 0.25) is 0 Å². The van der Waals surface area contributed by atoms with Gasteiger partial charge in [0, 0.05) is 11.5 Å². The molecule has 3 aromatic rings. The molecule has 3 nitrogen and oxygen atoms in total. The van der Waals surface area contributed by atoms with Gasteiger partial charge in [-0.15, -0.1) is 0 Å². The highest BCUT2D eigenvalue weighted by atomic mass is 19.1. The van der Waals surface area contributed by atoms with Gasteiger partial charge in [-0.2, -0.15) is 0 Å². The number of benzene rings is 2. The largest absolute Gasteiger partial charge is 0.436 e. The first-order valence-electron chi connectivity index (χ1n) is 6.20. The van der Waals surface area contributed by atoms with E-state index >= 15 is 0 Å². The van der Waals surface area contributed by atoms with E-state index in [2.05, 4.69) is 4.98 Å². The topological polar surface area (TPSA) is 42.4 Å². The van der Waals surface area contributed by atoms with E-state index in [1.807, 2.05) is 24.3 Å². The fraction of sp³-hybridized carbons (Fsp3) is 0.0625. The maximum Gasteiger partial charge on any atom is 0.220 e. The molecule has 1 N–H and O–H groups in total. The minimum atomic E-state index is -0.451. The number of halogens is 1. The molecule has 0 bridgehead atoms. The monoisotopic (exact) mass is 269 g/mol. The van der Waals surface area contributed by atoms with E-state index < -0.39 is 5.82 Å². The number of aliphatic hydroxyl groups is 1. The van der Waals surface area contributed by atoms with E-state index in [0.717, 1.165) is 5.39 Å². The molecule has 0 aliphatic rings. The molecular formula is C16H12FNO2. The Bertz CT molecular complexity index is 758. The van der Waals surface area contributed by atoms with Gasteiger partial charge in [-0.3, -0.25) is 0 Å². The number of rotatable bonds is 3. The summed E-state index contributed by atoms with van der Waals surface area (Å²) < 4.78 is 19.0. The lowest BCUT2D eigenvalue weighted by Gasteiger charge is -2.09. The number of aromatic nitrogens is 1. The highest BCUT2D eigenvalue weighted by Gasteiger charge is 2.08. The summed E-state index contributed by atoms with van der Waals surface area (Å²) in [7, 11) is 0. The van der Waals surface area contributed by atoms with Crippen molar-refractivity contribution in [3.05, 3.63) is 66.0 Å². The molecule has 0 saturated heterocycles. The summed E-state index contributed by atoms with van der Waals surface area (Å²) in [4.78, 5) is 4.32. The van der Waals surface area contributed by atoms with Crippen molar-refractivity contribution in [3.8, 4) is 11.6 Å². The number of aliphatic hydroxyl groups excluding tert-OH is 1. The Morgan fingerprint density at radius 3 is 2.60 bits per heavy atom. The second-order valence-corrected chi connectivity index (χ2v) is 4.33. The maximum atomic E-state index is 13.6. The van der Waals surface area contributed by atoms with E-state index in [9.17, 15) is 9.50 Å². The highest BCUT2D eigenvalue weighted by Crippen LogP contribution is 2.27. The quantitative estimate of drug-likeness (QED) is 0.789. The summed E-state index contributed by atoms with van der Waals surface area (Å²) in [6, 6.07) is 15.2. The van der Waals surface area contributed by atoms with Gasteiger partial charge in [0.2, 0.25) is 5.88 Å². The Kier molecular flexibility index (Phi) is 3.31. The molecule has 0 spiro atoms. The van der Waals surface area contributed by atoms with Gasteiger partial charge >= 0.3 is 0 Å². The zero-order valence-electron chi connectivity index (χ0n) is 10.6. The SMILES string of the molecule is OCc1cc(Oc2ccccc2F)nc2ccccc12. The molecule has 0 aliphatic heterocycles. The minimum Gasteiger partial charge on any atom is -0.436 e. The van der Waals surface area contributed by atoms with Crippen molar-refractivity contribution < 1.29 is 14.2 Å². The lowest BCUT2D eigenvalue weighted by molar-refractivity contribution is 0.282. The minimum absolute atomic E-state index is 0.110. The van der Waals surface area contributed by atoms with Gasteiger partial charge in [0.1, 0.15) is 0 Å². The summed E-state index contributed by atoms with van der Waals surface area (Å²) in [5, 5.41) is 10.3. The van der Waals surface area contributed by atoms with E-state index in [1.165, 1.54) is 12.1 Å². The Labute approximate surface area is 115 Å². The third-order valence-corrected chi connectivity index (χ3v) is 3.00. The van der Waals surface area contributed by atoms with E-state index in [1.54, 1.807) is 18.2 Å². The van der Waals surface area contributed by atoms with Crippen molar-refractivity contribution >= 4 is 10.9 Å². The maximum absolute atomic E-state index is 13.6. The third kappa shape index (κ3) is 2.33. The number of hydrogen-bond donors (Lipinski definition) is 1. The Balaban J connectivity index is 2.06. The summed E-state index contributed by atoms with van der Waals surface area (Å²) in [6.07, 6.45) is 0. The van der Waals surface area contributed by atoms with Crippen molar-refractivity contribution in [3.63, 3.8) is 0 Å². The number of ether oxygens (including phenoxy) is 1. The first kappa shape index (κ1) is 12.6. The average Bonchev–Trinajstić information content (AvgIpc) is 2.49. The van der Waals surface area contributed by atoms with Crippen LogP contribution >= 0.6 is 0 Å². The summed E-state index contributed by atoms with van der Waals surface area (Å²) in [5.74, 6) is -0.0787. The second kappa shape index (κ2) is 5.27. The second-order valence-electron chi connectivity index (χ2n) is 4.33. The third-order valence-electron chi connectivity index (χ3n) is 3.00. The van der Waals surface area contributed by atoms with Gasteiger partial charge in [0.05, 0.1) is 12.1 Å². The van der Waals surface area contributed by atoms with Gasteiger partial charge in [-0.1, -0.05) is 30.3 Å². The van der Waals surface area contributed by atoms with E-state index in [4.69, 9.17) is 4.74 Å². The van der Waals surface area contributed by atoms with Crippen LogP contribution in [-0.4, -0.2) is 10.1 Å². The zero-order valence-corrected chi connectivity index (χ0v) is 10.6. The average molecular weight is 269 g/mol. The van der Waals surface area contributed by atoms with Crippen molar-refractivity contribution in [2.24, 2.45) is 0 Å². The molecule has 20 heavy (non-hydrogen) atoms. The van der Waals surface area contributed by atoms with E-state index in [0.29, 0.717) is 11.1 Å². The normalized spacial score (nSPS) is 10.7. The van der Waals surface area contributed by atoms with Crippen molar-refractivity contribution in [2.45, 2.75) is 6.61 Å². The number of pyridine rings is 1. The molecule has 3 rings (SSSR count). The zero-order chi connectivity index (χ0) is 13.9. The molecule has 0 unspecified atom stereocenters. The van der Waals surface area contributed by atoms with E-state index in [-0.39, 0.29) is 18.2 Å². The van der Waals surface area contributed by atoms with Gasteiger partial charge in [0.15, 0.2) is 11.6 Å². The standard InChI is InChI=1S/C16H12FNO2/c17-13-6-2-4-8-15(13)20-16-9-11(10-19)12-5-1-3-7-14(12)18-16/h1-9,19H,10H2. The van der Waals surface area contributed by atoms with Crippen molar-refractivity contribution in [1.29, 1.82) is 0 Å². The molecule has 0 amide bonds. The molecule has 100 valence electrons. The number of para-hydroxylation sites is 2. The predicted molar refractivity (Wildman–Crippen MR) is 74.1 cm³/mol. The molecule has 0 fully saturated rings. The van der Waals surface area contributed by atoms with Crippen LogP contribution in [0.5, 0.6) is 11.6 Å². The fourth-order valence-corrected chi connectivity index (χ4v) is 2.04. The first-order chi connectivity index (χ1) is 9.78. The van der Waals surface area contributed by atoms with Crippen LogP contribution in [0.4, 0.5) is 4.39 Å². The molecule has 0 atom stereocenters. The molecule has 0 aliphatic carbocycles. The van der Waals surface area contributed by atoms with Crippen LogP contribution in [0.3, 0.4) is 0 Å². The van der Waals surface area contributed by atoms with Crippen LogP contribution in [0.1, 0.15) is 5.56 Å². The summed E-state index contributed by atoms with van der Waals surface area (Å²) >= 11 is 0. The van der Waals surface area contributed by atoms with Crippen LogP contribution in [0, 0.1) is 5.82 Å². The van der Waals surface area contributed by atoms with Gasteiger partial charge in [-0.05, 0) is 23.8 Å². The van der Waals surface area contributed by atoms with Crippen LogP contribution in [-0.2, 0) is 6.61 Å². The fourth-order valence-electron chi connectivity index (χ4n) is 2.04. The predicted octanol–water partition coefficient (Wildman–Crippen LogP) is 3.66. The van der Waals surface area contributed by atoms with Crippen LogP contribution in [0.25, 0.3) is 10.9 Å². The molecule has 2 aromatic carbocycles. The molecule has 0 saturated carbocycles. The molecule has 1 aromatic heterocycles. The Morgan fingerprint density at radius 1 is 1.05 bits per heavy atom. The first-order valence-corrected chi connectivity index (χ1v) is 6.20. The van der Waals surface area contributed by atoms with Crippen molar-refractivity contribution in [2.75, 3.05) is 0 Å². The number of hydrogen-bond acceptors (Lipinski definition) is 3. The van der Waals surface area contributed by atoms with Crippen molar-refractivity contribution in [1.82, 2.24) is 4.98 Å². The smallest absolute Gasteiger partial charge is 0.220 e. The Morgan fingerprint density at radius 2 is 1.80 bits per heavy atom. The Hall–Kier alpha value is -2.46. The van der Waals surface area contributed by atoms with Crippen LogP contribution < -0.4 is 4.74 Å².